The van der Waals surface area contributed by atoms with E-state index >= 15 is 0 Å². The Balaban J connectivity index is 1.59. The maximum Gasteiger partial charge on any atom is 0.273 e. The minimum atomic E-state index is -1.71. The van der Waals surface area contributed by atoms with Crippen LogP contribution in [0.5, 0.6) is 0 Å². The van der Waals surface area contributed by atoms with E-state index in [4.69, 9.17) is 4.74 Å². The SMILES string of the molecule is CCO[C@H]1C[C@]2(CN(C)C(=O)C3=C(O)C(O)C(C(=O)NCc4ccc(F)cc4F)=CN32)C1. The van der Waals surface area contributed by atoms with Gasteiger partial charge in [-0.05, 0) is 25.8 Å². The summed E-state index contributed by atoms with van der Waals surface area (Å²) < 4.78 is 32.6. The molecule has 3 aliphatic rings. The Morgan fingerprint density at radius 1 is 1.34 bits per heavy atom. The van der Waals surface area contributed by atoms with Gasteiger partial charge in [0.2, 0.25) is 0 Å². The summed E-state index contributed by atoms with van der Waals surface area (Å²) in [5.41, 5.74) is -0.746. The zero-order valence-electron chi connectivity index (χ0n) is 17.8. The molecule has 0 radical (unpaired) electrons. The molecule has 2 aliphatic heterocycles. The third kappa shape index (κ3) is 3.63. The fraction of sp³-hybridized carbons (Fsp3) is 0.455. The van der Waals surface area contributed by atoms with E-state index in [0.29, 0.717) is 32.1 Å². The van der Waals surface area contributed by atoms with Crippen molar-refractivity contribution in [1.82, 2.24) is 15.1 Å². The van der Waals surface area contributed by atoms with Crippen molar-refractivity contribution in [3.8, 4) is 0 Å². The lowest BCUT2D eigenvalue weighted by Gasteiger charge is -2.58. The molecule has 1 atom stereocenters. The van der Waals surface area contributed by atoms with Crippen molar-refractivity contribution in [2.24, 2.45) is 0 Å². The molecule has 4 rings (SSSR count). The average Bonchev–Trinajstić information content (AvgIpc) is 2.71. The molecule has 1 aliphatic carbocycles. The summed E-state index contributed by atoms with van der Waals surface area (Å²) in [6.07, 6.45) is 0.816. The molecule has 3 N–H and O–H groups in total. The minimum Gasteiger partial charge on any atom is -0.507 e. The standard InChI is InChI=1S/C22H25F2N3O5/c1-3-32-14-7-22(8-14)11-26(2)21(31)17-19(29)18(28)15(10-27(17)22)20(30)25-9-12-4-5-13(23)6-16(12)24/h4-6,10,14,18,28-29H,3,7-9,11H2,1-2H3,(H,25,30)/t14-,18?,22+. The van der Waals surface area contributed by atoms with Gasteiger partial charge in [0, 0.05) is 44.6 Å². The zero-order chi connectivity index (χ0) is 23.2. The van der Waals surface area contributed by atoms with Crippen LogP contribution >= 0.6 is 0 Å². The van der Waals surface area contributed by atoms with Gasteiger partial charge in [-0.25, -0.2) is 8.78 Å². The number of carbonyl (C=O) groups is 2. The summed E-state index contributed by atoms with van der Waals surface area (Å²) in [7, 11) is 1.62. The molecule has 2 amide bonds. The number of nitrogens with zero attached hydrogens (tertiary/aromatic N) is 2. The third-order valence-corrected chi connectivity index (χ3v) is 6.23. The number of aliphatic hydroxyl groups excluding tert-OH is 2. The molecule has 32 heavy (non-hydrogen) atoms. The second-order valence-electron chi connectivity index (χ2n) is 8.38. The fourth-order valence-corrected chi connectivity index (χ4v) is 4.62. The smallest absolute Gasteiger partial charge is 0.273 e. The van der Waals surface area contributed by atoms with Crippen LogP contribution in [0.3, 0.4) is 0 Å². The molecule has 1 unspecified atom stereocenters. The highest BCUT2D eigenvalue weighted by molar-refractivity contribution is 5.99. The maximum atomic E-state index is 13.9. The van der Waals surface area contributed by atoms with Gasteiger partial charge in [-0.2, -0.15) is 0 Å². The number of piperazine rings is 1. The van der Waals surface area contributed by atoms with Crippen LogP contribution in [-0.4, -0.2) is 69.8 Å². The molecule has 1 aromatic rings. The minimum absolute atomic E-state index is 0.0102. The summed E-state index contributed by atoms with van der Waals surface area (Å²) in [6, 6.07) is 3.00. The summed E-state index contributed by atoms with van der Waals surface area (Å²) in [5.74, 6) is -3.36. The number of likely N-dealkylation sites (N-methyl/N-ethyl adjacent to an activating group) is 1. The first kappa shape index (κ1) is 22.2. The molecule has 8 nitrogen and oxygen atoms in total. The van der Waals surface area contributed by atoms with Gasteiger partial charge in [0.25, 0.3) is 11.8 Å². The van der Waals surface area contributed by atoms with Crippen molar-refractivity contribution in [3.63, 3.8) is 0 Å². The number of halogens is 2. The topological polar surface area (TPSA) is 102 Å². The van der Waals surface area contributed by atoms with Crippen molar-refractivity contribution in [1.29, 1.82) is 0 Å². The van der Waals surface area contributed by atoms with Gasteiger partial charge >= 0.3 is 0 Å². The molecule has 0 aromatic heterocycles. The van der Waals surface area contributed by atoms with Gasteiger partial charge in [-0.1, -0.05) is 6.07 Å². The highest BCUT2D eigenvalue weighted by Gasteiger charge is 2.56. The van der Waals surface area contributed by atoms with Crippen LogP contribution in [0, 0.1) is 11.6 Å². The number of hydrogen-bond donors (Lipinski definition) is 3. The number of rotatable bonds is 5. The third-order valence-electron chi connectivity index (χ3n) is 6.23. The van der Waals surface area contributed by atoms with E-state index in [1.54, 1.807) is 11.9 Å². The molecule has 1 spiro atoms. The normalized spacial score (nSPS) is 27.3. The largest absolute Gasteiger partial charge is 0.507 e. The van der Waals surface area contributed by atoms with Crippen molar-refractivity contribution in [2.45, 2.75) is 44.1 Å². The van der Waals surface area contributed by atoms with Crippen LogP contribution in [0.2, 0.25) is 0 Å². The van der Waals surface area contributed by atoms with Crippen molar-refractivity contribution >= 4 is 11.8 Å². The van der Waals surface area contributed by atoms with E-state index < -0.39 is 40.9 Å². The Hall–Kier alpha value is -2.98. The Kier molecular flexibility index (Phi) is 5.68. The van der Waals surface area contributed by atoms with Gasteiger partial charge in [0.15, 0.2) is 5.76 Å². The van der Waals surface area contributed by atoms with E-state index in [1.165, 1.54) is 17.2 Å². The first-order chi connectivity index (χ1) is 15.2. The van der Waals surface area contributed by atoms with Crippen LogP contribution < -0.4 is 5.32 Å². The summed E-state index contributed by atoms with van der Waals surface area (Å²) in [6.45, 7) is 2.56. The number of amides is 2. The monoisotopic (exact) mass is 449 g/mol. The second-order valence-corrected chi connectivity index (χ2v) is 8.38. The van der Waals surface area contributed by atoms with Crippen LogP contribution in [-0.2, 0) is 20.9 Å². The number of benzene rings is 1. The number of nitrogens with one attached hydrogen (secondary N) is 1. The first-order valence-corrected chi connectivity index (χ1v) is 10.4. The molecule has 1 saturated heterocycles. The molecule has 1 saturated carbocycles. The first-order valence-electron chi connectivity index (χ1n) is 10.4. The van der Waals surface area contributed by atoms with E-state index in [9.17, 15) is 28.6 Å². The Bertz CT molecular complexity index is 1020. The van der Waals surface area contributed by atoms with E-state index in [0.717, 1.165) is 6.07 Å². The average molecular weight is 449 g/mol. The lowest BCUT2D eigenvalue weighted by Crippen LogP contribution is -2.69. The van der Waals surface area contributed by atoms with Crippen LogP contribution in [0.1, 0.15) is 25.3 Å². The van der Waals surface area contributed by atoms with Crippen LogP contribution in [0.4, 0.5) is 8.78 Å². The molecule has 2 fully saturated rings. The molecule has 2 heterocycles. The van der Waals surface area contributed by atoms with E-state index in [-0.39, 0.29) is 29.5 Å². The Morgan fingerprint density at radius 2 is 2.06 bits per heavy atom. The van der Waals surface area contributed by atoms with Gasteiger partial charge in [-0.15, -0.1) is 0 Å². The summed E-state index contributed by atoms with van der Waals surface area (Å²) in [5, 5.41) is 23.7. The maximum absolute atomic E-state index is 13.9. The number of hydrogen-bond acceptors (Lipinski definition) is 6. The Morgan fingerprint density at radius 3 is 2.72 bits per heavy atom. The summed E-state index contributed by atoms with van der Waals surface area (Å²) >= 11 is 0. The highest BCUT2D eigenvalue weighted by atomic mass is 19.1. The Labute approximate surface area is 183 Å². The molecule has 1 aromatic carbocycles. The molecule has 10 heteroatoms. The lowest BCUT2D eigenvalue weighted by molar-refractivity contribution is -0.148. The van der Waals surface area contributed by atoms with E-state index in [1.807, 2.05) is 6.92 Å². The molecule has 0 bridgehead atoms. The predicted molar refractivity (Wildman–Crippen MR) is 109 cm³/mol. The van der Waals surface area contributed by atoms with Crippen LogP contribution in [0.15, 0.2) is 41.4 Å². The van der Waals surface area contributed by atoms with Gasteiger partial charge in [0.1, 0.15) is 23.4 Å². The second kappa shape index (κ2) is 8.18. The quantitative estimate of drug-likeness (QED) is 0.627. The van der Waals surface area contributed by atoms with Crippen LogP contribution in [0.25, 0.3) is 0 Å². The van der Waals surface area contributed by atoms with Gasteiger partial charge in [-0.3, -0.25) is 9.59 Å². The fourth-order valence-electron chi connectivity index (χ4n) is 4.62. The lowest BCUT2D eigenvalue weighted by atomic mass is 9.70. The number of aliphatic hydroxyl groups is 2. The van der Waals surface area contributed by atoms with Crippen molar-refractivity contribution in [3.05, 3.63) is 58.6 Å². The predicted octanol–water partition coefficient (Wildman–Crippen LogP) is 1.32. The number of fused-ring (bicyclic) bond motifs is 2. The zero-order valence-corrected chi connectivity index (χ0v) is 17.8. The van der Waals surface area contributed by atoms with Crippen molar-refractivity contribution in [2.75, 3.05) is 20.2 Å². The highest BCUT2D eigenvalue weighted by Crippen LogP contribution is 2.47. The molecular weight excluding hydrogens is 424 g/mol. The van der Waals surface area contributed by atoms with Crippen molar-refractivity contribution < 1.29 is 33.3 Å². The molecule has 172 valence electrons. The number of carbonyl (C=O) groups excluding carboxylic acids is 2. The van der Waals surface area contributed by atoms with Gasteiger partial charge < -0.3 is 30.1 Å². The van der Waals surface area contributed by atoms with Gasteiger partial charge in [0.05, 0.1) is 17.2 Å². The number of ether oxygens (including phenoxy) is 1. The molecular formula is C22H25F2N3O5. The van der Waals surface area contributed by atoms with E-state index in [2.05, 4.69) is 5.32 Å². The summed E-state index contributed by atoms with van der Waals surface area (Å²) in [4.78, 5) is 28.6.